The molecule has 2 fully saturated rings. The average molecular weight is 937 g/mol. The summed E-state index contributed by atoms with van der Waals surface area (Å²) in [6, 6.07) is 18.7. The lowest BCUT2D eigenvalue weighted by Crippen LogP contribution is -2.54. The van der Waals surface area contributed by atoms with Crippen LogP contribution in [0.25, 0.3) is 17.1 Å². The second kappa shape index (κ2) is 17.0. The van der Waals surface area contributed by atoms with Gasteiger partial charge in [0.05, 0.1) is 74.1 Å². The second-order valence-electron chi connectivity index (χ2n) is 16.1. The lowest BCUT2D eigenvalue weighted by molar-refractivity contribution is -0.138. The number of hydrazine groups is 1. The summed E-state index contributed by atoms with van der Waals surface area (Å²) >= 11 is 12.8. The number of amides is 2. The molecule has 1 saturated carbocycles. The first kappa shape index (κ1) is 44.0. The molecular weight excluding hydrogens is 893 g/mol. The first-order valence-corrected chi connectivity index (χ1v) is 21.5. The molecule has 3 aliphatic rings. The molecule has 2 aromatic heterocycles. The smallest absolute Gasteiger partial charge is 0.347 e. The van der Waals surface area contributed by atoms with Gasteiger partial charge in [0, 0.05) is 43.1 Å². The Labute approximate surface area is 386 Å². The lowest BCUT2D eigenvalue weighted by atomic mass is 9.54. The van der Waals surface area contributed by atoms with Crippen molar-refractivity contribution >= 4 is 57.8 Å². The number of carbonyl (C=O) groups is 2. The van der Waals surface area contributed by atoms with Crippen LogP contribution < -0.4 is 41.3 Å². The van der Waals surface area contributed by atoms with Crippen molar-refractivity contribution in [3.05, 3.63) is 149 Å². The number of carbonyl (C=O) groups excluding carboxylic acids is 2. The predicted molar refractivity (Wildman–Crippen MR) is 246 cm³/mol. The summed E-state index contributed by atoms with van der Waals surface area (Å²) in [5, 5.41) is 11.9. The maximum Gasteiger partial charge on any atom is 0.347 e. The van der Waals surface area contributed by atoms with Gasteiger partial charge in [0.25, 0.3) is 17.4 Å². The first-order valence-electron chi connectivity index (χ1n) is 20.8. The van der Waals surface area contributed by atoms with Crippen LogP contribution in [0.4, 0.5) is 5.69 Å². The van der Waals surface area contributed by atoms with E-state index in [1.165, 1.54) is 54.5 Å². The Morgan fingerprint density at radius 3 is 2.29 bits per heavy atom. The number of nitrogens with zero attached hydrogens (tertiary/aromatic N) is 6. The van der Waals surface area contributed by atoms with Gasteiger partial charge in [-0.25, -0.2) is 28.5 Å². The highest BCUT2D eigenvalue weighted by atomic mass is 35.5. The predicted octanol–water partition coefficient (Wildman–Crippen LogP) is 5.51. The van der Waals surface area contributed by atoms with Crippen LogP contribution in [-0.2, 0) is 41.6 Å². The van der Waals surface area contributed by atoms with Crippen molar-refractivity contribution in [1.82, 2.24) is 28.5 Å². The molecule has 2 amide bonds. The minimum atomic E-state index is -1.61. The van der Waals surface area contributed by atoms with E-state index in [9.17, 15) is 19.5 Å². The van der Waals surface area contributed by atoms with Crippen molar-refractivity contribution in [3.63, 3.8) is 0 Å². The lowest BCUT2D eigenvalue weighted by Gasteiger charge is -2.47. The highest BCUT2D eigenvalue weighted by molar-refractivity contribution is 6.36. The number of hydrogen-bond donors (Lipinski definition) is 2. The van der Waals surface area contributed by atoms with Gasteiger partial charge >= 0.3 is 11.4 Å². The van der Waals surface area contributed by atoms with Crippen molar-refractivity contribution in [1.29, 1.82) is 0 Å². The number of aromatic hydroxyl groups is 1. The summed E-state index contributed by atoms with van der Waals surface area (Å²) in [5.74, 6) is -1.70. The molecule has 2 N–H and O–H groups in total. The van der Waals surface area contributed by atoms with Gasteiger partial charge in [-0.3, -0.25) is 19.8 Å². The normalized spacial score (nSPS) is 20.0. The highest BCUT2D eigenvalue weighted by Gasteiger charge is 2.68. The van der Waals surface area contributed by atoms with Crippen LogP contribution in [0.3, 0.4) is 0 Å². The van der Waals surface area contributed by atoms with Gasteiger partial charge in [0.2, 0.25) is 0 Å². The van der Waals surface area contributed by atoms with Gasteiger partial charge in [0.1, 0.15) is 11.4 Å². The number of methoxy groups -OCH3 is 4. The quantitative estimate of drug-likeness (QED) is 0.116. The first-order chi connectivity index (χ1) is 31.7. The standard InChI is InChI=1S/C47H43Cl2N7O10/c1-52-37-24-41(66-5)40(65-4)23-35(37)50-34(43(52)59)17-18-53-45(61)54-19-16-29-30(13-6-25-7-15-38(57)39(20-25)64-3)47(26-8-11-28(63-2)12-9-26)31(22-36(29)56(54)46(53)62)42(58)55(44(47)60)51-33-14-10-27(48)21-32(33)49/h6-16,20-21,23-24,30-31,36,51,57H,17-19,22H2,1-5H3. The molecule has 9 rings (SSSR count). The maximum absolute atomic E-state index is 15.5. The molecule has 19 heteroatoms. The molecule has 66 heavy (non-hydrogen) atoms. The van der Waals surface area contributed by atoms with Gasteiger partial charge < -0.3 is 28.6 Å². The van der Waals surface area contributed by atoms with Crippen molar-refractivity contribution in [3.8, 4) is 28.7 Å². The van der Waals surface area contributed by atoms with Gasteiger partial charge in [-0.1, -0.05) is 59.6 Å². The number of ether oxygens (including phenoxy) is 4. The monoisotopic (exact) mass is 935 g/mol. The van der Waals surface area contributed by atoms with Crippen LogP contribution in [-0.4, -0.2) is 73.9 Å². The molecule has 6 aromatic rings. The Hall–Kier alpha value is -7.24. The Balaban J connectivity index is 1.17. The number of nitrogens with one attached hydrogen (secondary N) is 1. The number of benzene rings is 4. The third kappa shape index (κ3) is 6.91. The van der Waals surface area contributed by atoms with Crippen LogP contribution in [0.15, 0.2) is 105 Å². The van der Waals surface area contributed by atoms with E-state index in [4.69, 9.17) is 42.1 Å². The Morgan fingerprint density at radius 2 is 1.59 bits per heavy atom. The van der Waals surface area contributed by atoms with Crippen molar-refractivity contribution in [2.24, 2.45) is 18.9 Å². The number of rotatable bonds is 12. The summed E-state index contributed by atoms with van der Waals surface area (Å²) < 4.78 is 26.9. The molecule has 1 saturated heterocycles. The zero-order valence-electron chi connectivity index (χ0n) is 36.3. The molecule has 2 aliphatic heterocycles. The molecule has 4 aromatic carbocycles. The Kier molecular flexibility index (Phi) is 11.3. The summed E-state index contributed by atoms with van der Waals surface area (Å²) in [7, 11) is 7.53. The molecule has 340 valence electrons. The van der Waals surface area contributed by atoms with E-state index in [1.807, 2.05) is 12.2 Å². The van der Waals surface area contributed by atoms with E-state index < -0.39 is 52.0 Å². The van der Waals surface area contributed by atoms with Gasteiger partial charge in [-0.15, -0.1) is 0 Å². The van der Waals surface area contributed by atoms with E-state index in [1.54, 1.807) is 73.8 Å². The van der Waals surface area contributed by atoms with E-state index in [0.717, 1.165) is 9.58 Å². The number of aromatic nitrogens is 5. The molecule has 17 nitrogen and oxygen atoms in total. The number of anilines is 1. The molecular formula is C47H43Cl2N7O10. The zero-order chi connectivity index (χ0) is 46.8. The second-order valence-corrected chi connectivity index (χ2v) is 16.9. The van der Waals surface area contributed by atoms with E-state index in [2.05, 4.69) is 10.4 Å². The van der Waals surface area contributed by atoms with Gasteiger partial charge in [0.15, 0.2) is 23.0 Å². The summed E-state index contributed by atoms with van der Waals surface area (Å²) in [6.07, 6.45) is 5.28. The number of phenols is 1. The van der Waals surface area contributed by atoms with Crippen LogP contribution >= 0.6 is 23.2 Å². The molecule has 4 unspecified atom stereocenters. The third-order valence-electron chi connectivity index (χ3n) is 12.9. The average Bonchev–Trinajstić information content (AvgIpc) is 3.69. The van der Waals surface area contributed by atoms with Crippen molar-refractivity contribution < 1.29 is 33.6 Å². The zero-order valence-corrected chi connectivity index (χ0v) is 37.8. The van der Waals surface area contributed by atoms with Crippen LogP contribution in [0.2, 0.25) is 10.0 Å². The number of halogens is 2. The fourth-order valence-corrected chi connectivity index (χ4v) is 10.1. The van der Waals surface area contributed by atoms with Crippen LogP contribution in [0.5, 0.6) is 28.7 Å². The molecule has 0 bridgehead atoms. The number of imide groups is 1. The molecule has 1 aliphatic carbocycles. The number of allylic oxidation sites excluding steroid dienone is 3. The summed E-state index contributed by atoms with van der Waals surface area (Å²) in [4.78, 5) is 77.8. The maximum atomic E-state index is 15.5. The molecule has 4 atom stereocenters. The van der Waals surface area contributed by atoms with Gasteiger partial charge in [-0.05, 0) is 65.6 Å². The summed E-state index contributed by atoms with van der Waals surface area (Å²) in [6.45, 7) is -0.230. The summed E-state index contributed by atoms with van der Waals surface area (Å²) in [5.41, 5.74) is 2.71. The van der Waals surface area contributed by atoms with E-state index >= 15 is 9.59 Å². The fraction of sp³-hybridized carbons (Fsp3) is 0.277. The van der Waals surface area contributed by atoms with Gasteiger partial charge in [-0.2, -0.15) is 5.01 Å². The number of phenolic OH excluding ortho intramolecular Hbond substituents is 1. The number of hydrogen-bond acceptors (Lipinski definition) is 12. The largest absolute Gasteiger partial charge is 0.504 e. The van der Waals surface area contributed by atoms with Crippen molar-refractivity contribution in [2.45, 2.75) is 37.4 Å². The third-order valence-corrected chi connectivity index (χ3v) is 13.4. The van der Waals surface area contributed by atoms with E-state index in [0.29, 0.717) is 50.0 Å². The number of aryl methyl sites for hydroxylation is 2. The Morgan fingerprint density at radius 1 is 0.864 bits per heavy atom. The van der Waals surface area contributed by atoms with Crippen LogP contribution in [0, 0.1) is 11.8 Å². The SMILES string of the molecule is COc1ccc(C23C(=O)N(Nc4ccc(Cl)cc4Cl)C(=O)C2CC2C(=CCn4c(=O)n(CCc5nc6cc(OC)c(OC)cc6n(C)c5=O)c(=O)n42)C3C=Cc2ccc(O)c(OC)c2)cc1. The van der Waals surface area contributed by atoms with Crippen LogP contribution in [0.1, 0.15) is 29.3 Å². The minimum absolute atomic E-state index is 0.0459. The molecule has 4 heterocycles. The highest BCUT2D eigenvalue weighted by Crippen LogP contribution is 2.59. The fourth-order valence-electron chi connectivity index (χ4n) is 9.68. The molecule has 0 radical (unpaired) electrons. The van der Waals surface area contributed by atoms with E-state index in [-0.39, 0.29) is 53.8 Å². The Bertz CT molecular complexity index is 3230. The van der Waals surface area contributed by atoms with Crippen molar-refractivity contribution in [2.75, 3.05) is 33.9 Å². The topological polar surface area (TPSA) is 190 Å². The minimum Gasteiger partial charge on any atom is -0.504 e. The number of fused-ring (bicyclic) bond motifs is 5. The molecule has 0 spiro atoms.